The Morgan fingerprint density at radius 1 is 1.21 bits per heavy atom. The number of hydrogen-bond acceptors (Lipinski definition) is 5. The van der Waals surface area contributed by atoms with Crippen molar-refractivity contribution in [3.63, 3.8) is 0 Å². The van der Waals surface area contributed by atoms with Crippen LogP contribution in [-0.4, -0.2) is 42.2 Å². The Labute approximate surface area is 176 Å². The average Bonchev–Trinajstić information content (AvgIpc) is 2.72. The maximum absolute atomic E-state index is 14.6. The molecule has 0 amide bonds. The van der Waals surface area contributed by atoms with Gasteiger partial charge in [0.15, 0.2) is 5.75 Å². The molecule has 5 nitrogen and oxygen atoms in total. The Morgan fingerprint density at radius 3 is 2.76 bits per heavy atom. The van der Waals surface area contributed by atoms with Crippen LogP contribution in [-0.2, 0) is 6.54 Å². The molecule has 1 fully saturated rings. The van der Waals surface area contributed by atoms with Gasteiger partial charge in [-0.1, -0.05) is 12.1 Å². The van der Waals surface area contributed by atoms with E-state index in [4.69, 9.17) is 9.47 Å². The van der Waals surface area contributed by atoms with Gasteiger partial charge in [0, 0.05) is 25.2 Å². The highest BCUT2D eigenvalue weighted by molar-refractivity contribution is 7.59. The first-order chi connectivity index (χ1) is 13.6. The highest BCUT2D eigenvalue weighted by Crippen LogP contribution is 2.33. The molecule has 0 radical (unpaired) electrons. The largest absolute Gasteiger partial charge is 0.484 e. The summed E-state index contributed by atoms with van der Waals surface area (Å²) < 4.78 is 38.6. The van der Waals surface area contributed by atoms with E-state index >= 15 is 0 Å². The first-order valence-corrected chi connectivity index (χ1v) is 9.78. The first kappa shape index (κ1) is 21.8. The van der Waals surface area contributed by atoms with Crippen LogP contribution in [0.3, 0.4) is 0 Å². The van der Waals surface area contributed by atoms with Crippen molar-refractivity contribution in [1.29, 1.82) is 0 Å². The van der Waals surface area contributed by atoms with Crippen molar-refractivity contribution in [3.8, 4) is 11.6 Å². The lowest BCUT2D eigenvalue weighted by atomic mass is 10.0. The highest BCUT2D eigenvalue weighted by Gasteiger charge is 2.28. The third kappa shape index (κ3) is 5.18. The number of nitrogens with zero attached hydrogens (tertiary/aromatic N) is 2. The van der Waals surface area contributed by atoms with E-state index in [0.717, 1.165) is 31.5 Å². The molecule has 1 unspecified atom stereocenters. The number of benzene rings is 1. The Bertz CT molecular complexity index is 822. The van der Waals surface area contributed by atoms with Crippen molar-refractivity contribution in [3.05, 3.63) is 53.2 Å². The third-order valence-corrected chi connectivity index (χ3v) is 5.42. The molecule has 2 aromatic rings. The molecule has 0 spiro atoms. The number of rotatable bonds is 5. The van der Waals surface area contributed by atoms with Gasteiger partial charge in [-0.25, -0.2) is 13.8 Å². The smallest absolute Gasteiger partial charge is 0.257 e. The van der Waals surface area contributed by atoms with Gasteiger partial charge in [-0.3, -0.25) is 4.90 Å². The average molecular weight is 424 g/mol. The molecule has 4 rings (SSSR count). The minimum atomic E-state index is -0.363. The van der Waals surface area contributed by atoms with Gasteiger partial charge >= 0.3 is 0 Å². The van der Waals surface area contributed by atoms with E-state index in [0.29, 0.717) is 43.1 Å². The van der Waals surface area contributed by atoms with Crippen molar-refractivity contribution < 1.29 is 18.3 Å². The number of nitrogens with one attached hydrogen (secondary N) is 1. The molecular formula is C21H27F2N3O2S. The summed E-state index contributed by atoms with van der Waals surface area (Å²) in [6.45, 7) is 5.20. The third-order valence-electron chi connectivity index (χ3n) is 5.42. The second kappa shape index (κ2) is 9.73. The number of halogens is 2. The molecule has 1 N–H and O–H groups in total. The van der Waals surface area contributed by atoms with Gasteiger partial charge in [-0.2, -0.15) is 13.5 Å². The maximum atomic E-state index is 14.6. The molecular weight excluding hydrogens is 396 g/mol. The molecule has 1 aromatic heterocycles. The highest BCUT2D eigenvalue weighted by atomic mass is 32.1. The number of hydrogen-bond donors (Lipinski definition) is 1. The van der Waals surface area contributed by atoms with Crippen LogP contribution in [0.15, 0.2) is 30.3 Å². The fourth-order valence-corrected chi connectivity index (χ4v) is 3.82. The van der Waals surface area contributed by atoms with Gasteiger partial charge in [0.2, 0.25) is 0 Å². The van der Waals surface area contributed by atoms with Crippen molar-refractivity contribution in [2.75, 3.05) is 26.3 Å². The lowest BCUT2D eigenvalue weighted by Gasteiger charge is -2.37. The molecule has 3 heterocycles. The quantitative estimate of drug-likeness (QED) is 0.797. The summed E-state index contributed by atoms with van der Waals surface area (Å²) >= 11 is 0. The van der Waals surface area contributed by atoms with E-state index in [1.54, 1.807) is 12.1 Å². The molecule has 158 valence electrons. The predicted octanol–water partition coefficient (Wildman–Crippen LogP) is 3.56. The SMILES string of the molecule is CC(c1nc2c(cc1F)OCCO2)N1CCC[C@H](NCc2ccc(F)cc2)C1.S. The minimum Gasteiger partial charge on any atom is -0.484 e. The number of aromatic nitrogens is 1. The lowest BCUT2D eigenvalue weighted by molar-refractivity contribution is 0.135. The molecule has 2 atom stereocenters. The summed E-state index contributed by atoms with van der Waals surface area (Å²) in [5.41, 5.74) is 1.44. The van der Waals surface area contributed by atoms with Crippen LogP contribution in [0.2, 0.25) is 0 Å². The molecule has 0 bridgehead atoms. The lowest BCUT2D eigenvalue weighted by Crippen LogP contribution is -2.46. The van der Waals surface area contributed by atoms with Crippen molar-refractivity contribution in [2.45, 2.75) is 38.4 Å². The van der Waals surface area contributed by atoms with Gasteiger partial charge in [-0.05, 0) is 44.0 Å². The first-order valence-electron chi connectivity index (χ1n) is 9.78. The monoisotopic (exact) mass is 423 g/mol. The number of pyridine rings is 1. The summed E-state index contributed by atoms with van der Waals surface area (Å²) in [5, 5.41) is 3.54. The maximum Gasteiger partial charge on any atom is 0.257 e. The van der Waals surface area contributed by atoms with Crippen molar-refractivity contribution >= 4 is 13.5 Å². The predicted molar refractivity (Wildman–Crippen MR) is 112 cm³/mol. The second-order valence-electron chi connectivity index (χ2n) is 7.37. The van der Waals surface area contributed by atoms with Crippen LogP contribution in [0.1, 0.15) is 37.1 Å². The van der Waals surface area contributed by atoms with Crippen molar-refractivity contribution in [2.24, 2.45) is 0 Å². The van der Waals surface area contributed by atoms with Crippen LogP contribution < -0.4 is 14.8 Å². The number of piperidine rings is 1. The molecule has 29 heavy (non-hydrogen) atoms. The normalized spacial score (nSPS) is 20.0. The topological polar surface area (TPSA) is 46.6 Å². The molecule has 2 aliphatic rings. The Hall–Kier alpha value is -1.90. The zero-order valence-corrected chi connectivity index (χ0v) is 17.5. The molecule has 8 heteroatoms. The van der Waals surface area contributed by atoms with Gasteiger partial charge in [0.05, 0.1) is 11.7 Å². The Morgan fingerprint density at radius 2 is 1.97 bits per heavy atom. The Balaban J connectivity index is 0.00000240. The molecule has 1 aromatic carbocycles. The van der Waals surface area contributed by atoms with E-state index in [9.17, 15) is 8.78 Å². The van der Waals surface area contributed by atoms with Crippen LogP contribution >= 0.6 is 13.5 Å². The van der Waals surface area contributed by atoms with E-state index in [1.165, 1.54) is 18.2 Å². The number of fused-ring (bicyclic) bond motifs is 1. The Kier molecular flexibility index (Phi) is 7.32. The fourth-order valence-electron chi connectivity index (χ4n) is 3.82. The van der Waals surface area contributed by atoms with E-state index in [2.05, 4.69) is 15.2 Å². The van der Waals surface area contributed by atoms with Gasteiger partial charge in [0.1, 0.15) is 24.8 Å². The summed E-state index contributed by atoms with van der Waals surface area (Å²) in [6.07, 6.45) is 2.08. The van der Waals surface area contributed by atoms with Gasteiger partial charge in [0.25, 0.3) is 5.88 Å². The fraction of sp³-hybridized carbons (Fsp3) is 0.476. The summed E-state index contributed by atoms with van der Waals surface area (Å²) in [4.78, 5) is 6.64. The zero-order chi connectivity index (χ0) is 19.5. The molecule has 1 saturated heterocycles. The number of likely N-dealkylation sites (tertiary alicyclic amines) is 1. The summed E-state index contributed by atoms with van der Waals surface area (Å²) in [6, 6.07) is 8.04. The molecule has 0 aliphatic carbocycles. The van der Waals surface area contributed by atoms with E-state index < -0.39 is 0 Å². The van der Waals surface area contributed by atoms with E-state index in [1.807, 2.05) is 6.92 Å². The van der Waals surface area contributed by atoms with Gasteiger partial charge in [-0.15, -0.1) is 0 Å². The van der Waals surface area contributed by atoms with Crippen LogP contribution in [0, 0.1) is 11.6 Å². The van der Waals surface area contributed by atoms with Crippen LogP contribution in [0.25, 0.3) is 0 Å². The standard InChI is InChI=1S/C21H25F2N3O2.H2S/c1-14(20-18(23)11-19-21(25-20)28-10-9-27-19)26-8-2-3-17(13-26)24-12-15-4-6-16(22)7-5-15;/h4-7,11,14,17,24H,2-3,8-10,12-13H2,1H3;1H2/t14?,17-;/m0./s1. The molecule has 2 aliphatic heterocycles. The number of ether oxygens (including phenoxy) is 2. The minimum absolute atomic E-state index is 0. The van der Waals surface area contributed by atoms with E-state index in [-0.39, 0.29) is 31.2 Å². The summed E-state index contributed by atoms with van der Waals surface area (Å²) in [5.74, 6) is 0.156. The summed E-state index contributed by atoms with van der Waals surface area (Å²) in [7, 11) is 0. The molecule has 0 saturated carbocycles. The van der Waals surface area contributed by atoms with Gasteiger partial charge < -0.3 is 14.8 Å². The second-order valence-corrected chi connectivity index (χ2v) is 7.37. The van der Waals surface area contributed by atoms with Crippen molar-refractivity contribution in [1.82, 2.24) is 15.2 Å². The van der Waals surface area contributed by atoms with Crippen LogP contribution in [0.5, 0.6) is 11.6 Å². The van der Waals surface area contributed by atoms with Crippen LogP contribution in [0.4, 0.5) is 8.78 Å². The zero-order valence-electron chi connectivity index (χ0n) is 16.5.